The molecule has 0 spiro atoms. The number of nitrogens with one attached hydrogen (secondary N) is 1. The molecule has 0 aromatic heterocycles. The summed E-state index contributed by atoms with van der Waals surface area (Å²) in [5.74, 6) is 2.50. The molecule has 1 aliphatic rings. The largest absolute Gasteiger partial charge is 0.241 e. The molecule has 0 aliphatic carbocycles. The fourth-order valence-electron chi connectivity index (χ4n) is 1.90. The van der Waals surface area contributed by atoms with Gasteiger partial charge < -0.3 is 0 Å². The number of hydrogen-bond acceptors (Lipinski definition) is 2. The van der Waals surface area contributed by atoms with Crippen molar-refractivity contribution in [2.75, 3.05) is 0 Å². The summed E-state index contributed by atoms with van der Waals surface area (Å²) in [5.41, 5.74) is 0.0902. The Balaban J connectivity index is 2.68. The summed E-state index contributed by atoms with van der Waals surface area (Å²) in [5, 5.41) is 0. The Labute approximate surface area is 89.6 Å². The van der Waals surface area contributed by atoms with Crippen LogP contribution in [0.5, 0.6) is 0 Å². The van der Waals surface area contributed by atoms with Crippen molar-refractivity contribution in [1.29, 1.82) is 0 Å². The SMILES string of the molecule is C#CCC1(C)NS(=O)(=O)c2ccccc21. The van der Waals surface area contributed by atoms with E-state index in [-0.39, 0.29) is 0 Å². The molecule has 2 rings (SSSR count). The number of hydrogen-bond donors (Lipinski definition) is 1. The van der Waals surface area contributed by atoms with Crippen LogP contribution >= 0.6 is 0 Å². The standard InChI is InChI=1S/C11H11NO2S/c1-3-8-11(2)9-6-4-5-7-10(9)15(13,14)12-11/h1,4-7,12H,8H2,2H3. The lowest BCUT2D eigenvalue weighted by Gasteiger charge is -2.21. The van der Waals surface area contributed by atoms with Crippen molar-refractivity contribution < 1.29 is 8.42 Å². The minimum atomic E-state index is -3.38. The van der Waals surface area contributed by atoms with Crippen LogP contribution in [0.2, 0.25) is 0 Å². The molecule has 78 valence electrons. The number of fused-ring (bicyclic) bond motifs is 1. The lowest BCUT2D eigenvalue weighted by atomic mass is 9.90. The van der Waals surface area contributed by atoms with Crippen LogP contribution in [0, 0.1) is 12.3 Å². The van der Waals surface area contributed by atoms with Gasteiger partial charge in [0.05, 0.1) is 10.4 Å². The van der Waals surface area contributed by atoms with Gasteiger partial charge in [0.15, 0.2) is 0 Å². The predicted octanol–water partition coefficient (Wildman–Crippen LogP) is 1.22. The lowest BCUT2D eigenvalue weighted by molar-refractivity contribution is 0.460. The zero-order chi connectivity index (χ0) is 11.1. The van der Waals surface area contributed by atoms with Crippen molar-refractivity contribution in [2.45, 2.75) is 23.8 Å². The first-order valence-corrected chi connectivity index (χ1v) is 6.05. The van der Waals surface area contributed by atoms with E-state index in [1.54, 1.807) is 25.1 Å². The number of sulfonamides is 1. The summed E-state index contributed by atoms with van der Waals surface area (Å²) in [6.07, 6.45) is 5.60. The Morgan fingerprint density at radius 3 is 2.80 bits per heavy atom. The van der Waals surface area contributed by atoms with Crippen LogP contribution in [-0.2, 0) is 15.6 Å². The third-order valence-electron chi connectivity index (χ3n) is 2.59. The Bertz CT molecular complexity index is 542. The molecule has 0 amide bonds. The summed E-state index contributed by atoms with van der Waals surface area (Å²) in [7, 11) is -3.38. The Morgan fingerprint density at radius 1 is 1.47 bits per heavy atom. The van der Waals surface area contributed by atoms with Gasteiger partial charge in [0, 0.05) is 6.42 Å². The van der Waals surface area contributed by atoms with Crippen LogP contribution in [0.4, 0.5) is 0 Å². The molecule has 4 heteroatoms. The van der Waals surface area contributed by atoms with Crippen molar-refractivity contribution in [3.63, 3.8) is 0 Å². The summed E-state index contributed by atoms with van der Waals surface area (Å²) in [6.45, 7) is 1.80. The van der Waals surface area contributed by atoms with Crippen molar-refractivity contribution in [1.82, 2.24) is 4.72 Å². The van der Waals surface area contributed by atoms with E-state index in [9.17, 15) is 8.42 Å². The van der Waals surface area contributed by atoms with E-state index in [2.05, 4.69) is 10.6 Å². The molecular formula is C11H11NO2S. The first kappa shape index (κ1) is 10.2. The molecule has 1 heterocycles. The highest BCUT2D eigenvalue weighted by atomic mass is 32.2. The Morgan fingerprint density at radius 2 is 2.13 bits per heavy atom. The molecule has 1 unspecified atom stereocenters. The highest BCUT2D eigenvalue weighted by Crippen LogP contribution is 2.37. The van der Waals surface area contributed by atoms with Gasteiger partial charge >= 0.3 is 0 Å². The first-order valence-electron chi connectivity index (χ1n) is 4.56. The number of terminal acetylenes is 1. The van der Waals surface area contributed by atoms with Gasteiger partial charge in [-0.05, 0) is 18.6 Å². The molecule has 15 heavy (non-hydrogen) atoms. The van der Waals surface area contributed by atoms with Gasteiger partial charge in [-0.15, -0.1) is 12.3 Å². The smallest absolute Gasteiger partial charge is 0.207 e. The second-order valence-electron chi connectivity index (χ2n) is 3.81. The minimum Gasteiger partial charge on any atom is -0.207 e. The number of benzene rings is 1. The maximum atomic E-state index is 11.8. The third-order valence-corrected chi connectivity index (χ3v) is 4.24. The van der Waals surface area contributed by atoms with Crippen molar-refractivity contribution in [2.24, 2.45) is 0 Å². The lowest BCUT2D eigenvalue weighted by Crippen LogP contribution is -2.35. The fourth-order valence-corrected chi connectivity index (χ4v) is 3.62. The van der Waals surface area contributed by atoms with E-state index in [1.807, 2.05) is 6.07 Å². The molecule has 1 aliphatic heterocycles. The van der Waals surface area contributed by atoms with Gasteiger partial charge in [0.1, 0.15) is 0 Å². The van der Waals surface area contributed by atoms with E-state index in [0.717, 1.165) is 5.56 Å². The van der Waals surface area contributed by atoms with Crippen molar-refractivity contribution in [3.8, 4) is 12.3 Å². The summed E-state index contributed by atoms with van der Waals surface area (Å²) >= 11 is 0. The fraction of sp³-hybridized carbons (Fsp3) is 0.273. The molecule has 0 saturated carbocycles. The van der Waals surface area contributed by atoms with E-state index in [4.69, 9.17) is 6.42 Å². The van der Waals surface area contributed by atoms with Crippen molar-refractivity contribution in [3.05, 3.63) is 29.8 Å². The van der Waals surface area contributed by atoms with Gasteiger partial charge in [-0.2, -0.15) is 4.72 Å². The van der Waals surface area contributed by atoms with Gasteiger partial charge in [0.2, 0.25) is 10.0 Å². The number of rotatable bonds is 1. The molecule has 3 nitrogen and oxygen atoms in total. The predicted molar refractivity (Wildman–Crippen MR) is 57.6 cm³/mol. The van der Waals surface area contributed by atoms with E-state index >= 15 is 0 Å². The molecule has 0 fully saturated rings. The van der Waals surface area contributed by atoms with Gasteiger partial charge in [-0.1, -0.05) is 18.2 Å². The highest BCUT2D eigenvalue weighted by Gasteiger charge is 2.42. The monoisotopic (exact) mass is 221 g/mol. The molecule has 1 aromatic carbocycles. The van der Waals surface area contributed by atoms with E-state index < -0.39 is 15.6 Å². The molecular weight excluding hydrogens is 210 g/mol. The van der Waals surface area contributed by atoms with Crippen LogP contribution in [0.15, 0.2) is 29.2 Å². The van der Waals surface area contributed by atoms with E-state index in [0.29, 0.717) is 11.3 Å². The molecule has 1 aromatic rings. The normalized spacial score (nSPS) is 26.9. The van der Waals surface area contributed by atoms with Crippen LogP contribution in [-0.4, -0.2) is 8.42 Å². The maximum absolute atomic E-state index is 11.8. The van der Waals surface area contributed by atoms with Crippen molar-refractivity contribution >= 4 is 10.0 Å². The zero-order valence-electron chi connectivity index (χ0n) is 8.32. The highest BCUT2D eigenvalue weighted by molar-refractivity contribution is 7.89. The molecule has 0 radical (unpaired) electrons. The quantitative estimate of drug-likeness (QED) is 0.725. The van der Waals surface area contributed by atoms with Gasteiger partial charge in [-0.3, -0.25) is 0 Å². The molecule has 0 saturated heterocycles. The van der Waals surface area contributed by atoms with E-state index in [1.165, 1.54) is 0 Å². The molecule has 0 bridgehead atoms. The summed E-state index contributed by atoms with van der Waals surface area (Å²) in [4.78, 5) is 0.336. The average molecular weight is 221 g/mol. The Hall–Kier alpha value is -1.31. The topological polar surface area (TPSA) is 46.2 Å². The third kappa shape index (κ3) is 1.44. The Kier molecular flexibility index (Phi) is 2.10. The van der Waals surface area contributed by atoms with Gasteiger partial charge in [0.25, 0.3) is 0 Å². The van der Waals surface area contributed by atoms with Crippen LogP contribution in [0.3, 0.4) is 0 Å². The molecule has 1 N–H and O–H groups in total. The molecule has 1 atom stereocenters. The second kappa shape index (κ2) is 3.09. The van der Waals surface area contributed by atoms with Crippen LogP contribution < -0.4 is 4.72 Å². The minimum absolute atomic E-state index is 0.336. The zero-order valence-corrected chi connectivity index (χ0v) is 9.14. The summed E-state index contributed by atoms with van der Waals surface area (Å²) < 4.78 is 26.1. The average Bonchev–Trinajstić information content (AvgIpc) is 2.36. The maximum Gasteiger partial charge on any atom is 0.241 e. The second-order valence-corrected chi connectivity index (χ2v) is 5.47. The van der Waals surface area contributed by atoms with Gasteiger partial charge in [-0.25, -0.2) is 8.42 Å². The van der Waals surface area contributed by atoms with Crippen LogP contribution in [0.25, 0.3) is 0 Å². The van der Waals surface area contributed by atoms with Crippen LogP contribution in [0.1, 0.15) is 18.9 Å². The summed E-state index contributed by atoms with van der Waals surface area (Å²) in [6, 6.07) is 6.92. The first-order chi connectivity index (χ1) is 6.99.